The molecule has 0 amide bonds. The molecular weight excluding hydrogens is 224 g/mol. The second kappa shape index (κ2) is 5.61. The van der Waals surface area contributed by atoms with Crippen molar-refractivity contribution in [3.8, 4) is 5.75 Å². The molecule has 0 saturated heterocycles. The van der Waals surface area contributed by atoms with Crippen molar-refractivity contribution in [1.29, 1.82) is 0 Å². The van der Waals surface area contributed by atoms with Gasteiger partial charge in [-0.3, -0.25) is 0 Å². The van der Waals surface area contributed by atoms with E-state index in [9.17, 15) is 0 Å². The Labute approximate surface area is 110 Å². The minimum absolute atomic E-state index is 0.0998. The van der Waals surface area contributed by atoms with Crippen molar-refractivity contribution in [2.24, 2.45) is 5.73 Å². The Bertz CT molecular complexity index is 388. The van der Waals surface area contributed by atoms with Gasteiger partial charge in [0.05, 0.1) is 12.3 Å². The average Bonchev–Trinajstić information content (AvgIpc) is 2.61. The van der Waals surface area contributed by atoms with Crippen LogP contribution in [0.25, 0.3) is 0 Å². The number of hydrogen-bond donors (Lipinski definition) is 1. The third-order valence-electron chi connectivity index (χ3n) is 3.95. The summed E-state index contributed by atoms with van der Waals surface area (Å²) in [6.07, 6.45) is 3.06. The van der Waals surface area contributed by atoms with Crippen LogP contribution in [0.2, 0.25) is 0 Å². The van der Waals surface area contributed by atoms with Crippen molar-refractivity contribution in [2.75, 3.05) is 24.6 Å². The number of anilines is 1. The van der Waals surface area contributed by atoms with E-state index in [0.717, 1.165) is 44.7 Å². The number of para-hydroxylation sites is 2. The highest BCUT2D eigenvalue weighted by Crippen LogP contribution is 2.31. The maximum Gasteiger partial charge on any atom is 0.142 e. The molecule has 100 valence electrons. The first-order chi connectivity index (χ1) is 8.68. The molecule has 0 spiro atoms. The van der Waals surface area contributed by atoms with Crippen molar-refractivity contribution in [3.05, 3.63) is 24.3 Å². The van der Waals surface area contributed by atoms with Gasteiger partial charge in [0.1, 0.15) is 5.75 Å². The summed E-state index contributed by atoms with van der Waals surface area (Å²) in [5.41, 5.74) is 7.54. The highest BCUT2D eigenvalue weighted by atomic mass is 16.5. The standard InChI is InChI=1S/C15H24N2O/c1-3-15(16,4-2)12-17-10-7-11-18-14-9-6-5-8-13(14)17/h5-6,8-9H,3-4,7,10-12,16H2,1-2H3. The van der Waals surface area contributed by atoms with Crippen molar-refractivity contribution in [1.82, 2.24) is 0 Å². The van der Waals surface area contributed by atoms with Crippen LogP contribution in [0.5, 0.6) is 5.75 Å². The first kappa shape index (κ1) is 13.2. The molecule has 3 nitrogen and oxygen atoms in total. The van der Waals surface area contributed by atoms with Gasteiger partial charge in [-0.25, -0.2) is 0 Å². The van der Waals surface area contributed by atoms with Gasteiger partial charge in [-0.1, -0.05) is 26.0 Å². The van der Waals surface area contributed by atoms with Gasteiger partial charge in [-0.05, 0) is 31.4 Å². The van der Waals surface area contributed by atoms with Crippen LogP contribution in [0, 0.1) is 0 Å². The molecule has 0 atom stereocenters. The molecule has 1 aliphatic rings. The summed E-state index contributed by atoms with van der Waals surface area (Å²) in [7, 11) is 0. The number of fused-ring (bicyclic) bond motifs is 1. The molecular formula is C15H24N2O. The molecule has 1 aliphatic heterocycles. The fraction of sp³-hybridized carbons (Fsp3) is 0.600. The van der Waals surface area contributed by atoms with Gasteiger partial charge < -0.3 is 15.4 Å². The predicted molar refractivity (Wildman–Crippen MR) is 76.3 cm³/mol. The summed E-state index contributed by atoms with van der Waals surface area (Å²) >= 11 is 0. The lowest BCUT2D eigenvalue weighted by Gasteiger charge is -2.35. The molecule has 3 heteroatoms. The van der Waals surface area contributed by atoms with Crippen molar-refractivity contribution >= 4 is 5.69 Å². The summed E-state index contributed by atoms with van der Waals surface area (Å²) < 4.78 is 5.78. The molecule has 0 unspecified atom stereocenters. The molecule has 1 aromatic carbocycles. The fourth-order valence-electron chi connectivity index (χ4n) is 2.42. The largest absolute Gasteiger partial charge is 0.491 e. The van der Waals surface area contributed by atoms with Crippen LogP contribution < -0.4 is 15.4 Å². The highest BCUT2D eigenvalue weighted by Gasteiger charge is 2.26. The zero-order valence-corrected chi connectivity index (χ0v) is 11.5. The van der Waals surface area contributed by atoms with Gasteiger partial charge in [0.25, 0.3) is 0 Å². The van der Waals surface area contributed by atoms with E-state index in [-0.39, 0.29) is 5.54 Å². The molecule has 0 radical (unpaired) electrons. The zero-order valence-electron chi connectivity index (χ0n) is 11.5. The van der Waals surface area contributed by atoms with Gasteiger partial charge in [0.15, 0.2) is 0 Å². The van der Waals surface area contributed by atoms with E-state index in [2.05, 4.69) is 30.9 Å². The van der Waals surface area contributed by atoms with Crippen LogP contribution >= 0.6 is 0 Å². The van der Waals surface area contributed by atoms with Gasteiger partial charge >= 0.3 is 0 Å². The third-order valence-corrected chi connectivity index (χ3v) is 3.95. The molecule has 18 heavy (non-hydrogen) atoms. The lowest BCUT2D eigenvalue weighted by molar-refractivity contribution is 0.321. The molecule has 0 saturated carbocycles. The number of ether oxygens (including phenoxy) is 1. The van der Waals surface area contributed by atoms with Gasteiger partial charge in [0, 0.05) is 18.6 Å². The summed E-state index contributed by atoms with van der Waals surface area (Å²) in [6, 6.07) is 8.27. The quantitative estimate of drug-likeness (QED) is 0.890. The van der Waals surface area contributed by atoms with E-state index >= 15 is 0 Å². The van der Waals surface area contributed by atoms with Crippen LogP contribution in [0.4, 0.5) is 5.69 Å². The lowest BCUT2D eigenvalue weighted by atomic mass is 9.93. The second-order valence-corrected chi connectivity index (χ2v) is 5.16. The number of nitrogens with two attached hydrogens (primary N) is 1. The maximum atomic E-state index is 6.45. The van der Waals surface area contributed by atoms with E-state index in [1.54, 1.807) is 0 Å². The van der Waals surface area contributed by atoms with E-state index in [1.165, 1.54) is 5.69 Å². The Morgan fingerprint density at radius 3 is 2.72 bits per heavy atom. The van der Waals surface area contributed by atoms with E-state index in [1.807, 2.05) is 12.1 Å². The number of nitrogens with zero attached hydrogens (tertiary/aromatic N) is 1. The van der Waals surface area contributed by atoms with Crippen LogP contribution in [0.3, 0.4) is 0 Å². The minimum atomic E-state index is -0.0998. The summed E-state index contributed by atoms with van der Waals surface area (Å²) in [4.78, 5) is 2.38. The molecule has 0 fully saturated rings. The first-order valence-electron chi connectivity index (χ1n) is 6.94. The Kier molecular flexibility index (Phi) is 4.12. The van der Waals surface area contributed by atoms with Crippen molar-refractivity contribution in [3.63, 3.8) is 0 Å². The fourth-order valence-corrected chi connectivity index (χ4v) is 2.42. The topological polar surface area (TPSA) is 38.5 Å². The SMILES string of the molecule is CCC(N)(CC)CN1CCCOc2ccccc21. The van der Waals surface area contributed by atoms with Crippen molar-refractivity contribution < 1.29 is 4.74 Å². The van der Waals surface area contributed by atoms with Gasteiger partial charge in [0.2, 0.25) is 0 Å². The smallest absolute Gasteiger partial charge is 0.142 e. The summed E-state index contributed by atoms with van der Waals surface area (Å²) in [5.74, 6) is 0.990. The zero-order chi connectivity index (χ0) is 13.0. The molecule has 0 aromatic heterocycles. The van der Waals surface area contributed by atoms with Gasteiger partial charge in [-0.15, -0.1) is 0 Å². The van der Waals surface area contributed by atoms with Crippen LogP contribution in [-0.2, 0) is 0 Å². The molecule has 2 rings (SSSR count). The predicted octanol–water partition coefficient (Wildman–Crippen LogP) is 2.79. The molecule has 1 heterocycles. The molecule has 0 aliphatic carbocycles. The van der Waals surface area contributed by atoms with Gasteiger partial charge in [-0.2, -0.15) is 0 Å². The maximum absolute atomic E-state index is 6.45. The van der Waals surface area contributed by atoms with E-state index in [0.29, 0.717) is 0 Å². The summed E-state index contributed by atoms with van der Waals surface area (Å²) in [5, 5.41) is 0. The normalized spacial score (nSPS) is 15.8. The Balaban J connectivity index is 2.23. The Hall–Kier alpha value is -1.22. The summed E-state index contributed by atoms with van der Waals surface area (Å²) in [6.45, 7) is 7.06. The van der Waals surface area contributed by atoms with Crippen molar-refractivity contribution in [2.45, 2.75) is 38.6 Å². The molecule has 1 aromatic rings. The van der Waals surface area contributed by atoms with Crippen LogP contribution in [0.15, 0.2) is 24.3 Å². The minimum Gasteiger partial charge on any atom is -0.491 e. The van der Waals surface area contributed by atoms with E-state index in [4.69, 9.17) is 10.5 Å². The number of rotatable bonds is 4. The van der Waals surface area contributed by atoms with Crippen LogP contribution in [-0.4, -0.2) is 25.2 Å². The Morgan fingerprint density at radius 1 is 1.28 bits per heavy atom. The molecule has 0 bridgehead atoms. The number of benzene rings is 1. The van der Waals surface area contributed by atoms with Crippen LogP contribution in [0.1, 0.15) is 33.1 Å². The molecule has 2 N–H and O–H groups in total. The third kappa shape index (κ3) is 2.78. The monoisotopic (exact) mass is 248 g/mol. The Morgan fingerprint density at radius 2 is 2.00 bits per heavy atom. The lowest BCUT2D eigenvalue weighted by Crippen LogP contribution is -2.49. The van der Waals surface area contributed by atoms with E-state index < -0.39 is 0 Å². The number of hydrogen-bond acceptors (Lipinski definition) is 3. The highest BCUT2D eigenvalue weighted by molar-refractivity contribution is 5.59. The first-order valence-corrected chi connectivity index (χ1v) is 6.94. The second-order valence-electron chi connectivity index (χ2n) is 5.16. The average molecular weight is 248 g/mol.